The van der Waals surface area contributed by atoms with Crippen LogP contribution in [0.25, 0.3) is 11.3 Å². The van der Waals surface area contributed by atoms with E-state index in [1.54, 1.807) is 18.4 Å². The van der Waals surface area contributed by atoms with Gasteiger partial charge in [0.15, 0.2) is 0 Å². The standard InChI is InChI=1S/C23H28N4S/c1-5-18-8-12-20(13-9-18)22-17-28-23(24-4)27(22)25-16-19-10-14-21(15-11-19)26(6-2)7-3/h8-17H,5-7H2,1-4H3/b24-23?,25-16-. The van der Waals surface area contributed by atoms with Gasteiger partial charge >= 0.3 is 0 Å². The third kappa shape index (κ3) is 4.42. The number of aromatic nitrogens is 1. The van der Waals surface area contributed by atoms with Crippen LogP contribution in [0, 0.1) is 0 Å². The molecule has 0 aliphatic heterocycles. The fourth-order valence-corrected chi connectivity index (χ4v) is 3.96. The van der Waals surface area contributed by atoms with Crippen molar-refractivity contribution < 1.29 is 0 Å². The van der Waals surface area contributed by atoms with Crippen LogP contribution in [0.4, 0.5) is 5.69 Å². The molecule has 0 aliphatic rings. The van der Waals surface area contributed by atoms with Gasteiger partial charge in [-0.05, 0) is 43.5 Å². The molecule has 0 saturated heterocycles. The monoisotopic (exact) mass is 392 g/mol. The third-order valence-corrected chi connectivity index (χ3v) is 5.79. The van der Waals surface area contributed by atoms with Gasteiger partial charge in [-0.15, -0.1) is 11.3 Å². The summed E-state index contributed by atoms with van der Waals surface area (Å²) in [5, 5.41) is 6.85. The first-order valence-electron chi connectivity index (χ1n) is 9.82. The van der Waals surface area contributed by atoms with Gasteiger partial charge in [0.1, 0.15) is 0 Å². The number of hydrogen-bond donors (Lipinski definition) is 0. The lowest BCUT2D eigenvalue weighted by atomic mass is 10.1. The van der Waals surface area contributed by atoms with Crippen molar-refractivity contribution in [1.29, 1.82) is 0 Å². The number of nitrogens with zero attached hydrogens (tertiary/aromatic N) is 4. The van der Waals surface area contributed by atoms with E-state index in [9.17, 15) is 0 Å². The molecule has 0 radical (unpaired) electrons. The molecule has 28 heavy (non-hydrogen) atoms. The highest BCUT2D eigenvalue weighted by Gasteiger charge is 2.07. The lowest BCUT2D eigenvalue weighted by Crippen LogP contribution is -2.21. The number of benzene rings is 2. The van der Waals surface area contributed by atoms with Crippen LogP contribution in [0.15, 0.2) is 64.0 Å². The predicted molar refractivity (Wildman–Crippen MR) is 122 cm³/mol. The maximum Gasteiger partial charge on any atom is 0.205 e. The maximum atomic E-state index is 4.74. The molecule has 0 saturated carbocycles. The fourth-order valence-electron chi connectivity index (χ4n) is 3.16. The molecule has 0 bridgehead atoms. The summed E-state index contributed by atoms with van der Waals surface area (Å²) in [6, 6.07) is 17.2. The fraction of sp³-hybridized carbons (Fsp3) is 0.304. The first kappa shape index (κ1) is 20.1. The normalized spacial score (nSPS) is 12.1. The summed E-state index contributed by atoms with van der Waals surface area (Å²) < 4.78 is 1.92. The molecule has 4 nitrogen and oxygen atoms in total. The summed E-state index contributed by atoms with van der Waals surface area (Å²) in [4.78, 5) is 7.60. The number of thiazole rings is 1. The van der Waals surface area contributed by atoms with Gasteiger partial charge < -0.3 is 4.90 Å². The zero-order chi connectivity index (χ0) is 19.9. The van der Waals surface area contributed by atoms with Crippen molar-refractivity contribution in [3.63, 3.8) is 0 Å². The van der Waals surface area contributed by atoms with Gasteiger partial charge in [0.2, 0.25) is 4.80 Å². The summed E-state index contributed by atoms with van der Waals surface area (Å²) in [5.41, 5.74) is 5.86. The number of rotatable bonds is 7. The van der Waals surface area contributed by atoms with E-state index in [2.05, 4.69) is 84.6 Å². The van der Waals surface area contributed by atoms with E-state index in [0.29, 0.717) is 0 Å². The first-order valence-corrected chi connectivity index (χ1v) is 10.7. The van der Waals surface area contributed by atoms with Crippen LogP contribution in [-0.4, -0.2) is 31.0 Å². The van der Waals surface area contributed by atoms with Gasteiger partial charge in [-0.3, -0.25) is 4.99 Å². The van der Waals surface area contributed by atoms with E-state index in [1.165, 1.54) is 11.3 Å². The Morgan fingerprint density at radius 3 is 2.21 bits per heavy atom. The molecule has 3 rings (SSSR count). The molecule has 5 heteroatoms. The van der Waals surface area contributed by atoms with Crippen molar-refractivity contribution >= 4 is 23.2 Å². The molecule has 0 unspecified atom stereocenters. The van der Waals surface area contributed by atoms with E-state index >= 15 is 0 Å². The topological polar surface area (TPSA) is 32.9 Å². The summed E-state index contributed by atoms with van der Waals surface area (Å²) >= 11 is 1.60. The lowest BCUT2D eigenvalue weighted by molar-refractivity contribution is 0.848. The minimum Gasteiger partial charge on any atom is -0.372 e. The molecule has 0 N–H and O–H groups in total. The predicted octanol–water partition coefficient (Wildman–Crippen LogP) is 5.04. The Labute approximate surface area is 171 Å². The molecule has 0 spiro atoms. The Bertz CT molecular complexity index is 975. The van der Waals surface area contributed by atoms with Crippen LogP contribution >= 0.6 is 11.3 Å². The molecule has 1 heterocycles. The average molecular weight is 393 g/mol. The molecule has 2 aromatic carbocycles. The minimum atomic E-state index is 0.880. The van der Waals surface area contributed by atoms with E-state index in [-0.39, 0.29) is 0 Å². The highest BCUT2D eigenvalue weighted by Crippen LogP contribution is 2.21. The molecule has 3 aromatic rings. The molecule has 146 valence electrons. The highest BCUT2D eigenvalue weighted by atomic mass is 32.1. The molecular formula is C23H28N4S. The number of hydrogen-bond acceptors (Lipinski definition) is 4. The van der Waals surface area contributed by atoms with E-state index in [0.717, 1.165) is 41.1 Å². The molecular weight excluding hydrogens is 364 g/mol. The van der Waals surface area contributed by atoms with E-state index in [1.807, 2.05) is 10.9 Å². The van der Waals surface area contributed by atoms with Crippen molar-refractivity contribution in [2.45, 2.75) is 27.2 Å². The van der Waals surface area contributed by atoms with Crippen molar-refractivity contribution in [1.82, 2.24) is 4.68 Å². The smallest absolute Gasteiger partial charge is 0.205 e. The van der Waals surface area contributed by atoms with E-state index < -0.39 is 0 Å². The molecule has 0 fully saturated rings. The van der Waals surface area contributed by atoms with Crippen molar-refractivity contribution in [2.24, 2.45) is 10.1 Å². The summed E-state index contributed by atoms with van der Waals surface area (Å²) in [7, 11) is 1.81. The van der Waals surface area contributed by atoms with Gasteiger partial charge in [-0.2, -0.15) is 5.10 Å². The number of aryl methyl sites for hydroxylation is 1. The molecule has 0 amide bonds. The van der Waals surface area contributed by atoms with Crippen LogP contribution in [-0.2, 0) is 6.42 Å². The highest BCUT2D eigenvalue weighted by molar-refractivity contribution is 7.07. The van der Waals surface area contributed by atoms with Gasteiger partial charge in [0.05, 0.1) is 11.9 Å². The molecule has 0 atom stereocenters. The van der Waals surface area contributed by atoms with Crippen molar-refractivity contribution in [3.05, 3.63) is 69.8 Å². The molecule has 0 aliphatic carbocycles. The Morgan fingerprint density at radius 2 is 1.64 bits per heavy atom. The van der Waals surface area contributed by atoms with Crippen LogP contribution in [0.2, 0.25) is 0 Å². The third-order valence-electron chi connectivity index (χ3n) is 4.88. The summed E-state index contributed by atoms with van der Waals surface area (Å²) in [5.74, 6) is 0. The van der Waals surface area contributed by atoms with Crippen LogP contribution in [0.1, 0.15) is 31.9 Å². The van der Waals surface area contributed by atoms with Crippen LogP contribution in [0.3, 0.4) is 0 Å². The van der Waals surface area contributed by atoms with Crippen LogP contribution < -0.4 is 9.70 Å². The lowest BCUT2D eigenvalue weighted by Gasteiger charge is -2.20. The van der Waals surface area contributed by atoms with Gasteiger partial charge in [-0.25, -0.2) is 4.68 Å². The second-order valence-electron chi connectivity index (χ2n) is 6.50. The van der Waals surface area contributed by atoms with Gasteiger partial charge in [-0.1, -0.05) is 43.3 Å². The summed E-state index contributed by atoms with van der Waals surface area (Å²) in [6.45, 7) is 8.54. The van der Waals surface area contributed by atoms with Crippen LogP contribution in [0.5, 0.6) is 0 Å². The Morgan fingerprint density at radius 1 is 0.964 bits per heavy atom. The largest absolute Gasteiger partial charge is 0.372 e. The minimum absolute atomic E-state index is 0.880. The van der Waals surface area contributed by atoms with Crippen molar-refractivity contribution in [2.75, 3.05) is 25.0 Å². The Kier molecular flexibility index (Phi) is 6.82. The van der Waals surface area contributed by atoms with E-state index in [4.69, 9.17) is 5.10 Å². The van der Waals surface area contributed by atoms with Gasteiger partial charge in [0, 0.05) is 36.8 Å². The van der Waals surface area contributed by atoms with Crippen molar-refractivity contribution in [3.8, 4) is 11.3 Å². The molecule has 1 aromatic heterocycles. The SMILES string of the molecule is CCc1ccc(-c2csc(=NC)n2/N=C\c2ccc(N(CC)CC)cc2)cc1. The second kappa shape index (κ2) is 9.51. The zero-order valence-electron chi connectivity index (χ0n) is 17.1. The average Bonchev–Trinajstić information content (AvgIpc) is 3.17. The number of anilines is 1. The second-order valence-corrected chi connectivity index (χ2v) is 7.33. The quantitative estimate of drug-likeness (QED) is 0.519. The maximum absolute atomic E-state index is 4.74. The van der Waals surface area contributed by atoms with Gasteiger partial charge in [0.25, 0.3) is 0 Å². The Balaban J connectivity index is 1.90. The first-order chi connectivity index (χ1) is 13.7. The summed E-state index contributed by atoms with van der Waals surface area (Å²) in [6.07, 6.45) is 2.94. The zero-order valence-corrected chi connectivity index (χ0v) is 17.9. The Hall–Kier alpha value is -2.66.